The lowest BCUT2D eigenvalue weighted by Crippen LogP contribution is -2.12. The smallest absolute Gasteiger partial charge is 0.261 e. The second-order valence-corrected chi connectivity index (χ2v) is 4.25. The third kappa shape index (κ3) is 3.10. The molecule has 104 valence electrons. The molecule has 0 saturated heterocycles. The summed E-state index contributed by atoms with van der Waals surface area (Å²) in [4.78, 5) is 3.97. The maximum Gasteiger partial charge on any atom is 0.261 e. The van der Waals surface area contributed by atoms with E-state index in [2.05, 4.69) is 4.98 Å². The molecule has 0 aliphatic carbocycles. The monoisotopic (exact) mass is 293 g/mol. The molecule has 2 N–H and O–H groups in total. The third-order valence-corrected chi connectivity index (χ3v) is 2.81. The summed E-state index contributed by atoms with van der Waals surface area (Å²) in [7, 11) is 0. The highest BCUT2D eigenvalue weighted by Gasteiger charge is 2.12. The molecule has 0 amide bonds. The fourth-order valence-electron chi connectivity index (χ4n) is 1.70. The molecule has 1 aromatic carbocycles. The van der Waals surface area contributed by atoms with E-state index < -0.39 is 18.8 Å². The number of fused-ring (bicyclic) bond motifs is 1. The van der Waals surface area contributed by atoms with Crippen molar-refractivity contribution in [1.82, 2.24) is 9.55 Å². The van der Waals surface area contributed by atoms with Crippen molar-refractivity contribution in [2.75, 3.05) is 18.9 Å². The van der Waals surface area contributed by atoms with Crippen LogP contribution in [-0.2, 0) is 11.3 Å². The van der Waals surface area contributed by atoms with Gasteiger partial charge in [0.25, 0.3) is 6.43 Å². The molecule has 1 aromatic heterocycles. The van der Waals surface area contributed by atoms with E-state index >= 15 is 0 Å². The Labute approximate surface area is 111 Å². The molecule has 0 fully saturated rings. The highest BCUT2D eigenvalue weighted by atomic mass is 35.5. The summed E-state index contributed by atoms with van der Waals surface area (Å²) in [5.74, 6) is -0.440. The number of imidazole rings is 1. The largest absolute Gasteiger partial charge is 0.374 e. The zero-order valence-corrected chi connectivity index (χ0v) is 10.5. The molecule has 0 saturated carbocycles. The molecule has 0 unspecified atom stereocenters. The number of ether oxygens (including phenoxy) is 1. The van der Waals surface area contributed by atoms with Gasteiger partial charge in [-0.25, -0.2) is 18.2 Å². The van der Waals surface area contributed by atoms with Crippen LogP contribution in [0.15, 0.2) is 12.1 Å². The maximum atomic E-state index is 13.3. The fraction of sp³-hybridized carbons (Fsp3) is 0.364. The Morgan fingerprint density at radius 1 is 1.42 bits per heavy atom. The molecule has 19 heavy (non-hydrogen) atoms. The quantitative estimate of drug-likeness (QED) is 0.862. The van der Waals surface area contributed by atoms with E-state index in [1.165, 1.54) is 16.7 Å². The Bertz CT molecular complexity index is 588. The normalized spacial score (nSPS) is 11.6. The summed E-state index contributed by atoms with van der Waals surface area (Å²) in [6.07, 6.45) is -2.51. The zero-order chi connectivity index (χ0) is 14.0. The average Bonchev–Trinajstić information content (AvgIpc) is 2.61. The molecule has 0 aliphatic rings. The van der Waals surface area contributed by atoms with Gasteiger partial charge in [0.1, 0.15) is 12.4 Å². The summed E-state index contributed by atoms with van der Waals surface area (Å²) in [5, 5.41) is -0.0536. The van der Waals surface area contributed by atoms with E-state index in [4.69, 9.17) is 22.1 Å². The molecule has 0 radical (unpaired) electrons. The van der Waals surface area contributed by atoms with E-state index in [1.54, 1.807) is 0 Å². The molecule has 0 bridgehead atoms. The van der Waals surface area contributed by atoms with Crippen LogP contribution in [0.1, 0.15) is 0 Å². The van der Waals surface area contributed by atoms with Gasteiger partial charge in [0.05, 0.1) is 22.7 Å². The van der Waals surface area contributed by atoms with Crippen molar-refractivity contribution < 1.29 is 17.9 Å². The number of alkyl halides is 2. The van der Waals surface area contributed by atoms with Gasteiger partial charge < -0.3 is 15.0 Å². The van der Waals surface area contributed by atoms with Crippen LogP contribution in [0.5, 0.6) is 0 Å². The first-order chi connectivity index (χ1) is 8.99. The van der Waals surface area contributed by atoms with E-state index in [0.29, 0.717) is 11.0 Å². The summed E-state index contributed by atoms with van der Waals surface area (Å²) in [5.41, 5.74) is 6.56. The SMILES string of the molecule is Nc1nc2cc(F)c(Cl)cc2n1CCOCC(F)F. The Hall–Kier alpha value is -1.47. The van der Waals surface area contributed by atoms with Crippen LogP contribution in [-0.4, -0.2) is 29.2 Å². The van der Waals surface area contributed by atoms with E-state index in [0.717, 1.165) is 0 Å². The molecule has 4 nitrogen and oxygen atoms in total. The van der Waals surface area contributed by atoms with Crippen molar-refractivity contribution in [2.24, 2.45) is 0 Å². The molecule has 0 aliphatic heterocycles. The summed E-state index contributed by atoms with van der Waals surface area (Å²) < 4.78 is 43.4. The minimum atomic E-state index is -2.51. The number of nitrogen functional groups attached to an aromatic ring is 1. The summed E-state index contributed by atoms with van der Waals surface area (Å²) in [6, 6.07) is 2.56. The van der Waals surface area contributed by atoms with Gasteiger partial charge in [-0.3, -0.25) is 0 Å². The predicted molar refractivity (Wildman–Crippen MR) is 65.9 cm³/mol. The lowest BCUT2D eigenvalue weighted by Gasteiger charge is -2.07. The number of benzene rings is 1. The molecule has 1 heterocycles. The van der Waals surface area contributed by atoms with E-state index in [1.807, 2.05) is 0 Å². The standard InChI is InChI=1S/C11H11ClF3N3O/c12-6-3-9-8(4-7(6)13)17-11(16)18(9)1-2-19-5-10(14)15/h3-4,10H,1-2,5H2,(H2,16,17). The van der Waals surface area contributed by atoms with Gasteiger partial charge in [-0.15, -0.1) is 0 Å². The number of aromatic nitrogens is 2. The first kappa shape index (κ1) is 14.0. The average molecular weight is 294 g/mol. The van der Waals surface area contributed by atoms with Gasteiger partial charge in [0.15, 0.2) is 0 Å². The first-order valence-electron chi connectivity index (χ1n) is 5.45. The fourth-order valence-corrected chi connectivity index (χ4v) is 1.86. The lowest BCUT2D eigenvalue weighted by atomic mass is 10.3. The van der Waals surface area contributed by atoms with Crippen molar-refractivity contribution in [2.45, 2.75) is 13.0 Å². The molecule has 2 rings (SSSR count). The minimum absolute atomic E-state index is 0.0506. The van der Waals surface area contributed by atoms with Crippen molar-refractivity contribution in [1.29, 1.82) is 0 Å². The number of halogens is 4. The van der Waals surface area contributed by atoms with Crippen LogP contribution >= 0.6 is 11.6 Å². The van der Waals surface area contributed by atoms with Crippen LogP contribution in [0.2, 0.25) is 5.02 Å². The van der Waals surface area contributed by atoms with Crippen LogP contribution < -0.4 is 5.73 Å². The number of hydrogen-bond donors (Lipinski definition) is 1. The van der Waals surface area contributed by atoms with Gasteiger partial charge in [-0.2, -0.15) is 0 Å². The number of nitrogens with two attached hydrogens (primary N) is 1. The lowest BCUT2D eigenvalue weighted by molar-refractivity contribution is 0.0151. The van der Waals surface area contributed by atoms with E-state index in [9.17, 15) is 13.2 Å². The van der Waals surface area contributed by atoms with Crippen molar-refractivity contribution in [3.8, 4) is 0 Å². The second-order valence-electron chi connectivity index (χ2n) is 3.84. The van der Waals surface area contributed by atoms with Crippen molar-refractivity contribution >= 4 is 28.6 Å². The van der Waals surface area contributed by atoms with Gasteiger partial charge in [-0.05, 0) is 6.07 Å². The highest BCUT2D eigenvalue weighted by molar-refractivity contribution is 6.31. The van der Waals surface area contributed by atoms with Gasteiger partial charge in [-0.1, -0.05) is 11.6 Å². The minimum Gasteiger partial charge on any atom is -0.374 e. The topological polar surface area (TPSA) is 53.1 Å². The van der Waals surface area contributed by atoms with Gasteiger partial charge >= 0.3 is 0 Å². The van der Waals surface area contributed by atoms with E-state index in [-0.39, 0.29) is 24.1 Å². The number of nitrogens with zero attached hydrogens (tertiary/aromatic N) is 2. The molecule has 0 spiro atoms. The maximum absolute atomic E-state index is 13.3. The molecular weight excluding hydrogens is 283 g/mol. The first-order valence-corrected chi connectivity index (χ1v) is 5.83. The van der Waals surface area contributed by atoms with Gasteiger partial charge in [0.2, 0.25) is 5.95 Å². The molecule has 2 aromatic rings. The summed E-state index contributed by atoms with van der Waals surface area (Å²) in [6.45, 7) is -0.353. The zero-order valence-electron chi connectivity index (χ0n) is 9.75. The Balaban J connectivity index is 2.18. The van der Waals surface area contributed by atoms with Crippen LogP contribution in [0.25, 0.3) is 11.0 Å². The Kier molecular flexibility index (Phi) is 4.16. The number of rotatable bonds is 5. The van der Waals surface area contributed by atoms with Crippen LogP contribution in [0.4, 0.5) is 19.1 Å². The second kappa shape index (κ2) is 5.66. The number of hydrogen-bond acceptors (Lipinski definition) is 3. The third-order valence-electron chi connectivity index (χ3n) is 2.52. The Morgan fingerprint density at radius 3 is 2.84 bits per heavy atom. The predicted octanol–water partition coefficient (Wildman–Crippen LogP) is 2.69. The molecular formula is C11H11ClF3N3O. The van der Waals surface area contributed by atoms with Gasteiger partial charge in [0, 0.05) is 12.6 Å². The van der Waals surface area contributed by atoms with Crippen LogP contribution in [0.3, 0.4) is 0 Å². The highest BCUT2D eigenvalue weighted by Crippen LogP contribution is 2.24. The molecule has 8 heteroatoms. The number of anilines is 1. The Morgan fingerprint density at radius 2 is 2.16 bits per heavy atom. The van der Waals surface area contributed by atoms with Crippen LogP contribution in [0, 0.1) is 5.82 Å². The van der Waals surface area contributed by atoms with Crippen molar-refractivity contribution in [3.05, 3.63) is 23.0 Å². The molecule has 0 atom stereocenters. The summed E-state index contributed by atoms with van der Waals surface area (Å²) >= 11 is 5.68. The van der Waals surface area contributed by atoms with Crippen molar-refractivity contribution in [3.63, 3.8) is 0 Å².